The molecule has 2 heterocycles. The zero-order valence-corrected chi connectivity index (χ0v) is 13.6. The fraction of sp³-hybridized carbons (Fsp3) is 0.533. The van der Waals surface area contributed by atoms with Crippen molar-refractivity contribution in [2.75, 3.05) is 6.54 Å². The van der Waals surface area contributed by atoms with Crippen molar-refractivity contribution in [3.05, 3.63) is 23.7 Å². The lowest BCUT2D eigenvalue weighted by atomic mass is 10.2. The summed E-state index contributed by atoms with van der Waals surface area (Å²) in [5.74, 6) is 1.28. The summed E-state index contributed by atoms with van der Waals surface area (Å²) >= 11 is 5.99. The molecule has 2 aromatic rings. The van der Waals surface area contributed by atoms with Gasteiger partial charge in [0.05, 0.1) is 5.88 Å². The lowest BCUT2D eigenvalue weighted by Gasteiger charge is -2.17. The molecule has 5 nitrogen and oxygen atoms in total. The van der Waals surface area contributed by atoms with Crippen molar-refractivity contribution >= 4 is 28.7 Å². The molecule has 21 heavy (non-hydrogen) atoms. The summed E-state index contributed by atoms with van der Waals surface area (Å²) in [5.41, 5.74) is 2.54. The third-order valence-corrected chi connectivity index (χ3v) is 3.66. The lowest BCUT2D eigenvalue weighted by Crippen LogP contribution is -2.34. The maximum atomic E-state index is 12.3. The molecule has 6 heteroatoms. The third kappa shape index (κ3) is 3.18. The zero-order valence-electron chi connectivity index (χ0n) is 12.9. The molecule has 2 rings (SSSR count). The fourth-order valence-corrected chi connectivity index (χ4v) is 2.42. The number of nitrogens with zero attached hydrogens (tertiary/aromatic N) is 3. The van der Waals surface area contributed by atoms with Gasteiger partial charge in [0.2, 0.25) is 5.91 Å². The highest BCUT2D eigenvalue weighted by Gasteiger charge is 2.22. The summed E-state index contributed by atoms with van der Waals surface area (Å²) in [6.45, 7) is 8.59. The van der Waals surface area contributed by atoms with Gasteiger partial charge < -0.3 is 5.32 Å². The number of halogens is 1. The van der Waals surface area contributed by atoms with Gasteiger partial charge in [0.25, 0.3) is 0 Å². The molecule has 1 amide bonds. The number of fused-ring (bicyclic) bond motifs is 1. The van der Waals surface area contributed by atoms with Crippen LogP contribution >= 0.6 is 11.6 Å². The molecule has 0 aliphatic carbocycles. The molecule has 0 saturated carbocycles. The van der Waals surface area contributed by atoms with Gasteiger partial charge in [-0.2, -0.15) is 0 Å². The first-order chi connectivity index (χ1) is 9.95. The highest BCUT2D eigenvalue weighted by molar-refractivity contribution is 6.16. The molecule has 0 aliphatic heterocycles. The maximum Gasteiger partial charge on any atom is 0.242 e. The normalized spacial score (nSPS) is 12.9. The number of amides is 1. The van der Waals surface area contributed by atoms with E-state index in [4.69, 9.17) is 11.6 Å². The summed E-state index contributed by atoms with van der Waals surface area (Å²) < 4.78 is 1.82. The Hall–Kier alpha value is -1.62. The van der Waals surface area contributed by atoms with Gasteiger partial charge in [0.15, 0.2) is 5.65 Å². The monoisotopic (exact) mass is 308 g/mol. The van der Waals surface area contributed by atoms with Crippen LogP contribution in [0.5, 0.6) is 0 Å². The molecule has 1 N–H and O–H groups in total. The van der Waals surface area contributed by atoms with Crippen LogP contribution in [0.25, 0.3) is 11.2 Å². The van der Waals surface area contributed by atoms with Crippen molar-refractivity contribution in [2.45, 2.75) is 39.6 Å². The Morgan fingerprint density at radius 1 is 1.43 bits per heavy atom. The van der Waals surface area contributed by atoms with Crippen LogP contribution < -0.4 is 5.32 Å². The summed E-state index contributed by atoms with van der Waals surface area (Å²) in [5, 5.41) is 2.94. The zero-order chi connectivity index (χ0) is 15.6. The van der Waals surface area contributed by atoms with E-state index in [1.807, 2.05) is 24.5 Å². The number of aromatic nitrogens is 3. The minimum atomic E-state index is -0.392. The van der Waals surface area contributed by atoms with E-state index in [9.17, 15) is 4.79 Å². The number of carbonyl (C=O) groups is 1. The number of hydrogen-bond acceptors (Lipinski definition) is 3. The number of hydrogen-bond donors (Lipinski definition) is 1. The standard InChI is InChI=1S/C15H21ClN4O/c1-9(2)8-18-15(21)11(4)20-12(7-16)19-13-10(3)5-6-17-14(13)20/h5-6,9,11H,7-8H2,1-4H3,(H,18,21). The molecular formula is C15H21ClN4O. The van der Waals surface area contributed by atoms with Crippen LogP contribution in [0.15, 0.2) is 12.3 Å². The van der Waals surface area contributed by atoms with Crippen LogP contribution in [-0.4, -0.2) is 27.0 Å². The molecule has 0 fully saturated rings. The molecule has 114 valence electrons. The molecule has 0 bridgehead atoms. The first kappa shape index (κ1) is 15.8. The van der Waals surface area contributed by atoms with Crippen molar-refractivity contribution in [1.29, 1.82) is 0 Å². The Morgan fingerprint density at radius 3 is 2.76 bits per heavy atom. The molecular weight excluding hydrogens is 288 g/mol. The van der Waals surface area contributed by atoms with Crippen molar-refractivity contribution in [2.24, 2.45) is 5.92 Å². The van der Waals surface area contributed by atoms with Crippen LogP contribution in [-0.2, 0) is 10.7 Å². The minimum Gasteiger partial charge on any atom is -0.354 e. The quantitative estimate of drug-likeness (QED) is 0.864. The Bertz CT molecular complexity index is 650. The van der Waals surface area contributed by atoms with Crippen LogP contribution in [0.4, 0.5) is 0 Å². The Labute approximate surface area is 129 Å². The Balaban J connectivity index is 2.40. The van der Waals surface area contributed by atoms with Gasteiger partial charge in [-0.15, -0.1) is 11.6 Å². The molecule has 1 unspecified atom stereocenters. The number of carbonyl (C=O) groups excluding carboxylic acids is 1. The topological polar surface area (TPSA) is 59.8 Å². The van der Waals surface area contributed by atoms with E-state index in [1.54, 1.807) is 6.20 Å². The van der Waals surface area contributed by atoms with E-state index < -0.39 is 6.04 Å². The van der Waals surface area contributed by atoms with Gasteiger partial charge in [-0.05, 0) is 31.4 Å². The first-order valence-corrected chi connectivity index (χ1v) is 7.65. The van der Waals surface area contributed by atoms with E-state index in [1.165, 1.54) is 0 Å². The largest absolute Gasteiger partial charge is 0.354 e. The molecule has 0 radical (unpaired) electrons. The van der Waals surface area contributed by atoms with Crippen molar-refractivity contribution in [3.63, 3.8) is 0 Å². The summed E-state index contributed by atoms with van der Waals surface area (Å²) in [6.07, 6.45) is 1.73. The number of imidazole rings is 1. The average Bonchev–Trinajstić information content (AvgIpc) is 2.83. The fourth-order valence-electron chi connectivity index (χ4n) is 2.23. The van der Waals surface area contributed by atoms with Gasteiger partial charge in [-0.3, -0.25) is 9.36 Å². The number of alkyl halides is 1. The van der Waals surface area contributed by atoms with Gasteiger partial charge >= 0.3 is 0 Å². The van der Waals surface area contributed by atoms with E-state index >= 15 is 0 Å². The number of aryl methyl sites for hydroxylation is 1. The summed E-state index contributed by atoms with van der Waals surface area (Å²) in [4.78, 5) is 21.2. The lowest BCUT2D eigenvalue weighted by molar-refractivity contribution is -0.124. The second-order valence-electron chi connectivity index (χ2n) is 5.65. The van der Waals surface area contributed by atoms with Crippen LogP contribution in [0.3, 0.4) is 0 Å². The summed E-state index contributed by atoms with van der Waals surface area (Å²) in [7, 11) is 0. The van der Waals surface area contributed by atoms with Crippen LogP contribution in [0.2, 0.25) is 0 Å². The average molecular weight is 309 g/mol. The number of pyridine rings is 1. The molecule has 0 aliphatic rings. The van der Waals surface area contributed by atoms with E-state index in [0.717, 1.165) is 11.1 Å². The van der Waals surface area contributed by atoms with E-state index in [-0.39, 0.29) is 11.8 Å². The van der Waals surface area contributed by atoms with Crippen LogP contribution in [0, 0.1) is 12.8 Å². The minimum absolute atomic E-state index is 0.0438. The smallest absolute Gasteiger partial charge is 0.242 e. The van der Waals surface area contributed by atoms with Gasteiger partial charge in [-0.1, -0.05) is 13.8 Å². The molecule has 0 aromatic carbocycles. The Morgan fingerprint density at radius 2 is 2.14 bits per heavy atom. The SMILES string of the molecule is Cc1ccnc2c1nc(CCl)n2C(C)C(=O)NCC(C)C. The first-order valence-electron chi connectivity index (χ1n) is 7.11. The van der Waals surface area contributed by atoms with E-state index in [2.05, 4.69) is 29.1 Å². The third-order valence-electron chi connectivity index (χ3n) is 3.42. The Kier molecular flexibility index (Phi) is 4.83. The van der Waals surface area contributed by atoms with Crippen molar-refractivity contribution in [3.8, 4) is 0 Å². The maximum absolute atomic E-state index is 12.3. The van der Waals surface area contributed by atoms with E-state index in [0.29, 0.717) is 23.9 Å². The number of rotatable bonds is 5. The predicted molar refractivity (Wildman–Crippen MR) is 84.4 cm³/mol. The predicted octanol–water partition coefficient (Wildman–Crippen LogP) is 2.81. The van der Waals surface area contributed by atoms with Crippen molar-refractivity contribution in [1.82, 2.24) is 19.9 Å². The summed E-state index contributed by atoms with van der Waals surface area (Å²) in [6, 6.07) is 1.51. The molecule has 0 spiro atoms. The number of nitrogens with one attached hydrogen (secondary N) is 1. The van der Waals surface area contributed by atoms with Crippen LogP contribution in [0.1, 0.15) is 38.2 Å². The molecule has 0 saturated heterocycles. The second-order valence-corrected chi connectivity index (χ2v) is 5.91. The highest BCUT2D eigenvalue weighted by Crippen LogP contribution is 2.23. The van der Waals surface area contributed by atoms with Crippen molar-refractivity contribution < 1.29 is 4.79 Å². The highest BCUT2D eigenvalue weighted by atomic mass is 35.5. The van der Waals surface area contributed by atoms with Gasteiger partial charge in [-0.25, -0.2) is 9.97 Å². The second kappa shape index (κ2) is 6.43. The van der Waals surface area contributed by atoms with Gasteiger partial charge in [0.1, 0.15) is 17.4 Å². The van der Waals surface area contributed by atoms with Gasteiger partial charge in [0, 0.05) is 12.7 Å². The molecule has 2 aromatic heterocycles. The molecule has 1 atom stereocenters.